The highest BCUT2D eigenvalue weighted by molar-refractivity contribution is 7.71. The monoisotopic (exact) mass is 338 g/mol. The molecule has 1 fully saturated rings. The molecule has 0 aromatic carbocycles. The third kappa shape index (κ3) is 4.66. The average Bonchev–Trinajstić information content (AvgIpc) is 2.82. The van der Waals surface area contributed by atoms with Crippen molar-refractivity contribution < 1.29 is 4.79 Å². The number of nitrogens with one attached hydrogen (secondary N) is 2. The van der Waals surface area contributed by atoms with Gasteiger partial charge in [-0.25, -0.2) is 0 Å². The van der Waals surface area contributed by atoms with Crippen LogP contribution < -0.4 is 5.32 Å². The van der Waals surface area contributed by atoms with Crippen molar-refractivity contribution in [2.24, 2.45) is 11.3 Å². The van der Waals surface area contributed by atoms with Crippen molar-refractivity contribution >= 4 is 18.1 Å². The van der Waals surface area contributed by atoms with Crippen LogP contribution in [0.2, 0.25) is 0 Å². The fourth-order valence-electron chi connectivity index (χ4n) is 3.60. The highest BCUT2D eigenvalue weighted by Gasteiger charge is 2.33. The molecule has 2 rings (SSSR count). The van der Waals surface area contributed by atoms with Gasteiger partial charge < -0.3 is 9.88 Å². The molecule has 23 heavy (non-hydrogen) atoms. The van der Waals surface area contributed by atoms with Crippen LogP contribution >= 0.6 is 12.2 Å². The van der Waals surface area contributed by atoms with E-state index in [9.17, 15) is 4.79 Å². The molecular formula is C17H30N4OS. The maximum absolute atomic E-state index is 12.2. The lowest BCUT2D eigenvalue weighted by Crippen LogP contribution is -2.34. The molecule has 0 aliphatic heterocycles. The molecule has 1 aromatic rings. The lowest BCUT2D eigenvalue weighted by molar-refractivity contribution is -0.123. The normalized spacial score (nSPS) is 20.7. The zero-order chi connectivity index (χ0) is 17.0. The van der Waals surface area contributed by atoms with Crippen LogP contribution in [0.4, 0.5) is 0 Å². The molecule has 2 N–H and O–H groups in total. The number of hydrogen-bond acceptors (Lipinski definition) is 3. The molecule has 1 aliphatic carbocycles. The minimum absolute atomic E-state index is 0.162. The van der Waals surface area contributed by atoms with Crippen molar-refractivity contribution in [3.63, 3.8) is 0 Å². The van der Waals surface area contributed by atoms with E-state index in [1.54, 1.807) is 0 Å². The molecule has 0 radical (unpaired) electrons. The van der Waals surface area contributed by atoms with Crippen LogP contribution in [0.3, 0.4) is 0 Å². The summed E-state index contributed by atoms with van der Waals surface area (Å²) in [5, 5.41) is 10.2. The number of aromatic amines is 1. The molecule has 1 aromatic heterocycles. The number of amides is 1. The molecule has 130 valence electrons. The van der Waals surface area contributed by atoms with Crippen LogP contribution in [-0.4, -0.2) is 27.2 Å². The van der Waals surface area contributed by atoms with Gasteiger partial charge >= 0.3 is 0 Å². The molecule has 1 aliphatic rings. The second kappa shape index (κ2) is 7.60. The summed E-state index contributed by atoms with van der Waals surface area (Å²) in [4.78, 5) is 12.2. The van der Waals surface area contributed by atoms with E-state index in [1.807, 2.05) is 4.57 Å². The van der Waals surface area contributed by atoms with E-state index in [1.165, 1.54) is 25.7 Å². The SMILES string of the molecule is CC(C)n1c(CCNC(=O)CC2CCCCC2(C)C)n[nH]c1=S. The van der Waals surface area contributed by atoms with Crippen LogP contribution in [0.1, 0.15) is 71.7 Å². The minimum atomic E-state index is 0.162. The fraction of sp³-hybridized carbons (Fsp3) is 0.824. The summed E-state index contributed by atoms with van der Waals surface area (Å²) in [6, 6.07) is 0.273. The highest BCUT2D eigenvalue weighted by atomic mass is 32.1. The summed E-state index contributed by atoms with van der Waals surface area (Å²) >= 11 is 5.24. The van der Waals surface area contributed by atoms with E-state index >= 15 is 0 Å². The van der Waals surface area contributed by atoms with Crippen molar-refractivity contribution in [1.82, 2.24) is 20.1 Å². The zero-order valence-corrected chi connectivity index (χ0v) is 15.6. The molecule has 1 saturated carbocycles. The molecule has 1 atom stereocenters. The van der Waals surface area contributed by atoms with Gasteiger partial charge in [0.2, 0.25) is 5.91 Å². The highest BCUT2D eigenvalue weighted by Crippen LogP contribution is 2.42. The molecule has 5 nitrogen and oxygen atoms in total. The number of H-pyrrole nitrogens is 1. The number of rotatable bonds is 6. The predicted molar refractivity (Wildman–Crippen MR) is 94.9 cm³/mol. The van der Waals surface area contributed by atoms with E-state index in [0.29, 0.717) is 30.1 Å². The lowest BCUT2D eigenvalue weighted by Gasteiger charge is -2.38. The Morgan fingerprint density at radius 1 is 1.48 bits per heavy atom. The molecular weight excluding hydrogens is 308 g/mol. The molecule has 6 heteroatoms. The number of carbonyl (C=O) groups is 1. The first-order valence-corrected chi connectivity index (χ1v) is 9.14. The Bertz CT molecular complexity index is 588. The Kier molecular flexibility index (Phi) is 6.00. The van der Waals surface area contributed by atoms with E-state index in [2.05, 4.69) is 43.2 Å². The van der Waals surface area contributed by atoms with Crippen LogP contribution in [-0.2, 0) is 11.2 Å². The van der Waals surface area contributed by atoms with E-state index in [-0.39, 0.29) is 17.4 Å². The van der Waals surface area contributed by atoms with Crippen molar-refractivity contribution in [2.45, 2.75) is 72.3 Å². The maximum Gasteiger partial charge on any atom is 0.220 e. The van der Waals surface area contributed by atoms with Crippen molar-refractivity contribution in [3.8, 4) is 0 Å². The van der Waals surface area contributed by atoms with Gasteiger partial charge in [-0.15, -0.1) is 0 Å². The topological polar surface area (TPSA) is 62.7 Å². The summed E-state index contributed by atoms with van der Waals surface area (Å²) in [6.07, 6.45) is 6.29. The second-order valence-corrected chi connectivity index (χ2v) is 8.03. The first-order valence-electron chi connectivity index (χ1n) is 8.73. The number of carbonyl (C=O) groups excluding carboxylic acids is 1. The maximum atomic E-state index is 12.2. The van der Waals surface area contributed by atoms with E-state index in [4.69, 9.17) is 12.2 Å². The average molecular weight is 339 g/mol. The summed E-state index contributed by atoms with van der Waals surface area (Å²) in [5.41, 5.74) is 0.287. The lowest BCUT2D eigenvalue weighted by atomic mass is 9.67. The van der Waals surface area contributed by atoms with Gasteiger partial charge in [0.25, 0.3) is 0 Å². The molecule has 0 bridgehead atoms. The minimum Gasteiger partial charge on any atom is -0.356 e. The van der Waals surface area contributed by atoms with Gasteiger partial charge in [-0.3, -0.25) is 9.89 Å². The predicted octanol–water partition coefficient (Wildman–Crippen LogP) is 3.79. The van der Waals surface area contributed by atoms with Gasteiger partial charge in [0, 0.05) is 25.4 Å². The third-order valence-corrected chi connectivity index (χ3v) is 5.41. The van der Waals surface area contributed by atoms with Crippen LogP contribution in [0.15, 0.2) is 0 Å². The molecule has 1 amide bonds. The smallest absolute Gasteiger partial charge is 0.220 e. The number of nitrogens with zero attached hydrogens (tertiary/aromatic N) is 2. The standard InChI is InChI=1S/C17H30N4OS/c1-12(2)21-14(19-20-16(21)23)8-10-18-15(22)11-13-7-5-6-9-17(13,3)4/h12-13H,5-11H2,1-4H3,(H,18,22)(H,20,23). The fourth-order valence-corrected chi connectivity index (χ4v) is 3.96. The van der Waals surface area contributed by atoms with Gasteiger partial charge in [-0.2, -0.15) is 5.10 Å². The molecule has 0 saturated heterocycles. The van der Waals surface area contributed by atoms with Crippen molar-refractivity contribution in [1.29, 1.82) is 0 Å². The van der Waals surface area contributed by atoms with Gasteiger partial charge in [-0.05, 0) is 50.2 Å². The second-order valence-electron chi connectivity index (χ2n) is 7.64. The third-order valence-electron chi connectivity index (χ3n) is 5.13. The quantitative estimate of drug-likeness (QED) is 0.776. The Morgan fingerprint density at radius 2 is 2.22 bits per heavy atom. The summed E-state index contributed by atoms with van der Waals surface area (Å²) in [6.45, 7) is 9.37. The molecule has 1 unspecified atom stereocenters. The molecule has 1 heterocycles. The van der Waals surface area contributed by atoms with E-state index in [0.717, 1.165) is 5.82 Å². The van der Waals surface area contributed by atoms with Crippen LogP contribution in [0, 0.1) is 16.1 Å². The van der Waals surface area contributed by atoms with Gasteiger partial charge in [0.1, 0.15) is 5.82 Å². The van der Waals surface area contributed by atoms with Crippen LogP contribution in [0.5, 0.6) is 0 Å². The Labute approximate surface area is 144 Å². The van der Waals surface area contributed by atoms with Gasteiger partial charge in [0.05, 0.1) is 0 Å². The summed E-state index contributed by atoms with van der Waals surface area (Å²) < 4.78 is 2.65. The van der Waals surface area contributed by atoms with Crippen molar-refractivity contribution in [3.05, 3.63) is 10.6 Å². The molecule has 0 spiro atoms. The van der Waals surface area contributed by atoms with Crippen molar-refractivity contribution in [2.75, 3.05) is 6.54 Å². The first-order chi connectivity index (χ1) is 10.8. The largest absolute Gasteiger partial charge is 0.356 e. The number of hydrogen-bond donors (Lipinski definition) is 2. The summed E-state index contributed by atoms with van der Waals surface area (Å²) in [7, 11) is 0. The van der Waals surface area contributed by atoms with Crippen LogP contribution in [0.25, 0.3) is 0 Å². The van der Waals surface area contributed by atoms with Gasteiger partial charge in [-0.1, -0.05) is 26.7 Å². The zero-order valence-electron chi connectivity index (χ0n) is 14.8. The summed E-state index contributed by atoms with van der Waals surface area (Å²) in [5.74, 6) is 1.57. The Morgan fingerprint density at radius 3 is 2.87 bits per heavy atom. The van der Waals surface area contributed by atoms with Gasteiger partial charge in [0.15, 0.2) is 4.77 Å². The Balaban J connectivity index is 1.82. The Hall–Kier alpha value is -1.17. The number of aromatic nitrogens is 3. The van der Waals surface area contributed by atoms with E-state index < -0.39 is 0 Å². The first kappa shape index (κ1) is 18.2.